The lowest BCUT2D eigenvalue weighted by Crippen LogP contribution is -2.19. The van der Waals surface area contributed by atoms with Gasteiger partial charge in [0.05, 0.1) is 6.61 Å². The molecule has 2 N–H and O–H groups in total. The first kappa shape index (κ1) is 9.28. The van der Waals surface area contributed by atoms with E-state index in [0.29, 0.717) is 12.5 Å². The van der Waals surface area contributed by atoms with Gasteiger partial charge in [0.1, 0.15) is 5.75 Å². The summed E-state index contributed by atoms with van der Waals surface area (Å²) in [6.45, 7) is 1.38. The maximum Gasteiger partial charge on any atom is 0.122 e. The minimum Gasteiger partial charge on any atom is -0.493 e. The van der Waals surface area contributed by atoms with Gasteiger partial charge < -0.3 is 10.5 Å². The summed E-state index contributed by atoms with van der Waals surface area (Å²) in [4.78, 5) is 0. The fraction of sp³-hybridized carbons (Fsp3) is 0.333. The highest BCUT2D eigenvalue weighted by atomic mass is 16.5. The highest BCUT2D eigenvalue weighted by molar-refractivity contribution is 5.35. The normalized spacial score (nSPS) is 20.5. The van der Waals surface area contributed by atoms with E-state index in [4.69, 9.17) is 10.5 Å². The number of benzene rings is 1. The number of hydrogen-bond donors (Lipinski definition) is 1. The van der Waals surface area contributed by atoms with Gasteiger partial charge in [0, 0.05) is 12.5 Å². The van der Waals surface area contributed by atoms with E-state index in [-0.39, 0.29) is 0 Å². The third-order valence-electron chi connectivity index (χ3n) is 2.45. The quantitative estimate of drug-likeness (QED) is 0.719. The van der Waals surface area contributed by atoms with E-state index in [1.165, 1.54) is 5.56 Å². The summed E-state index contributed by atoms with van der Waals surface area (Å²) in [5.74, 6) is 1.51. The first-order chi connectivity index (χ1) is 6.90. The average Bonchev–Trinajstić information content (AvgIpc) is 2.26. The number of ether oxygens (including phenoxy) is 1. The van der Waals surface area contributed by atoms with Crippen molar-refractivity contribution >= 4 is 0 Å². The van der Waals surface area contributed by atoms with E-state index in [1.807, 2.05) is 18.2 Å². The molecule has 1 unspecified atom stereocenters. The zero-order valence-corrected chi connectivity index (χ0v) is 8.15. The predicted octanol–water partition coefficient (Wildman–Crippen LogP) is 1.75. The smallest absolute Gasteiger partial charge is 0.122 e. The summed E-state index contributed by atoms with van der Waals surface area (Å²) in [5.41, 5.74) is 6.71. The second kappa shape index (κ2) is 4.29. The average molecular weight is 189 g/mol. The molecule has 2 heteroatoms. The Kier molecular flexibility index (Phi) is 2.84. The molecule has 1 aliphatic heterocycles. The molecule has 0 saturated carbocycles. The number of para-hydroxylation sites is 1. The molecular formula is C12H15NO. The number of fused-ring (bicyclic) bond motifs is 1. The van der Waals surface area contributed by atoms with Gasteiger partial charge >= 0.3 is 0 Å². The number of nitrogens with two attached hydrogens (primary N) is 1. The molecule has 0 spiro atoms. The van der Waals surface area contributed by atoms with Crippen molar-refractivity contribution in [3.63, 3.8) is 0 Å². The van der Waals surface area contributed by atoms with Crippen LogP contribution in [0, 0.1) is 5.92 Å². The summed E-state index contributed by atoms with van der Waals surface area (Å²) < 4.78 is 5.64. The molecule has 1 aromatic rings. The topological polar surface area (TPSA) is 35.2 Å². The summed E-state index contributed by atoms with van der Waals surface area (Å²) in [7, 11) is 0. The largest absolute Gasteiger partial charge is 0.493 e. The zero-order valence-electron chi connectivity index (χ0n) is 8.15. The predicted molar refractivity (Wildman–Crippen MR) is 57.3 cm³/mol. The van der Waals surface area contributed by atoms with E-state index >= 15 is 0 Å². The van der Waals surface area contributed by atoms with Crippen molar-refractivity contribution in [3.05, 3.63) is 42.0 Å². The van der Waals surface area contributed by atoms with E-state index in [1.54, 1.807) is 0 Å². The van der Waals surface area contributed by atoms with Gasteiger partial charge in [0.2, 0.25) is 0 Å². The van der Waals surface area contributed by atoms with E-state index < -0.39 is 0 Å². The van der Waals surface area contributed by atoms with E-state index in [9.17, 15) is 0 Å². The molecule has 1 heterocycles. The highest BCUT2D eigenvalue weighted by Gasteiger charge is 2.16. The molecule has 74 valence electrons. The van der Waals surface area contributed by atoms with Crippen molar-refractivity contribution < 1.29 is 4.74 Å². The van der Waals surface area contributed by atoms with Crippen LogP contribution in [0.15, 0.2) is 36.4 Å². The van der Waals surface area contributed by atoms with Crippen molar-refractivity contribution in [3.8, 4) is 5.75 Å². The first-order valence-corrected chi connectivity index (χ1v) is 4.97. The van der Waals surface area contributed by atoms with Gasteiger partial charge in [-0.1, -0.05) is 30.4 Å². The third-order valence-corrected chi connectivity index (χ3v) is 2.45. The first-order valence-electron chi connectivity index (χ1n) is 4.97. The Morgan fingerprint density at radius 2 is 2.29 bits per heavy atom. The minimum atomic E-state index is 0.480. The lowest BCUT2D eigenvalue weighted by molar-refractivity contribution is 0.249. The third kappa shape index (κ3) is 1.96. The Balaban J connectivity index is 2.09. The lowest BCUT2D eigenvalue weighted by Gasteiger charge is -2.22. The van der Waals surface area contributed by atoms with Crippen molar-refractivity contribution in [2.24, 2.45) is 11.7 Å². The Labute approximate surface area is 84.4 Å². The molecule has 0 fully saturated rings. The summed E-state index contributed by atoms with van der Waals surface area (Å²) in [6, 6.07) is 8.21. The fourth-order valence-electron chi connectivity index (χ4n) is 1.75. The van der Waals surface area contributed by atoms with Crippen molar-refractivity contribution in [2.45, 2.75) is 6.42 Å². The number of rotatable bonds is 2. The summed E-state index contributed by atoms with van der Waals surface area (Å²) >= 11 is 0. The Morgan fingerprint density at radius 3 is 3.14 bits per heavy atom. The van der Waals surface area contributed by atoms with Crippen molar-refractivity contribution in [1.82, 2.24) is 0 Å². The van der Waals surface area contributed by atoms with Crippen LogP contribution in [-0.2, 0) is 6.42 Å². The van der Waals surface area contributed by atoms with Gasteiger partial charge in [0.25, 0.3) is 0 Å². The minimum absolute atomic E-state index is 0.480. The van der Waals surface area contributed by atoms with Gasteiger partial charge in [-0.05, 0) is 18.1 Å². The highest BCUT2D eigenvalue weighted by Crippen LogP contribution is 2.27. The van der Waals surface area contributed by atoms with Gasteiger partial charge in [-0.2, -0.15) is 0 Å². The Bertz CT molecular complexity index is 333. The fourth-order valence-corrected chi connectivity index (χ4v) is 1.75. The SMILES string of the molecule is NC/C=C/C1COc2ccccc2C1. The molecule has 0 saturated heterocycles. The van der Waals surface area contributed by atoms with Crippen LogP contribution in [0.3, 0.4) is 0 Å². The van der Waals surface area contributed by atoms with Crippen LogP contribution in [0.5, 0.6) is 5.75 Å². The molecular weight excluding hydrogens is 174 g/mol. The Hall–Kier alpha value is -1.28. The maximum absolute atomic E-state index is 5.64. The van der Waals surface area contributed by atoms with Crippen molar-refractivity contribution in [2.75, 3.05) is 13.2 Å². The van der Waals surface area contributed by atoms with Gasteiger partial charge in [-0.15, -0.1) is 0 Å². The van der Waals surface area contributed by atoms with Crippen LogP contribution >= 0.6 is 0 Å². The van der Waals surface area contributed by atoms with Gasteiger partial charge in [-0.25, -0.2) is 0 Å². The Morgan fingerprint density at radius 1 is 1.43 bits per heavy atom. The van der Waals surface area contributed by atoms with Crippen LogP contribution in [0.4, 0.5) is 0 Å². The van der Waals surface area contributed by atoms with Crippen LogP contribution in [0.25, 0.3) is 0 Å². The summed E-state index contributed by atoms with van der Waals surface area (Å²) in [5, 5.41) is 0. The van der Waals surface area contributed by atoms with Crippen LogP contribution < -0.4 is 10.5 Å². The lowest BCUT2D eigenvalue weighted by atomic mass is 9.96. The monoisotopic (exact) mass is 189 g/mol. The molecule has 0 bridgehead atoms. The number of hydrogen-bond acceptors (Lipinski definition) is 2. The molecule has 1 aliphatic rings. The molecule has 0 radical (unpaired) electrons. The molecule has 14 heavy (non-hydrogen) atoms. The maximum atomic E-state index is 5.64. The molecule has 1 atom stereocenters. The second-order valence-electron chi connectivity index (χ2n) is 3.55. The molecule has 0 aromatic heterocycles. The van der Waals surface area contributed by atoms with Crippen molar-refractivity contribution in [1.29, 1.82) is 0 Å². The van der Waals surface area contributed by atoms with Gasteiger partial charge in [-0.3, -0.25) is 0 Å². The van der Waals surface area contributed by atoms with Crippen LogP contribution in [0.2, 0.25) is 0 Å². The summed E-state index contributed by atoms with van der Waals surface area (Å²) in [6.07, 6.45) is 5.21. The van der Waals surface area contributed by atoms with Crippen LogP contribution in [0.1, 0.15) is 5.56 Å². The standard InChI is InChI=1S/C12H15NO/c13-7-3-4-10-8-11-5-1-2-6-12(11)14-9-10/h1-6,10H,7-9,13H2/b4-3+. The zero-order chi connectivity index (χ0) is 9.80. The molecule has 2 nitrogen and oxygen atoms in total. The second-order valence-corrected chi connectivity index (χ2v) is 3.55. The molecule has 1 aromatic carbocycles. The van der Waals surface area contributed by atoms with Crippen LogP contribution in [-0.4, -0.2) is 13.2 Å². The molecule has 0 aliphatic carbocycles. The van der Waals surface area contributed by atoms with Gasteiger partial charge in [0.15, 0.2) is 0 Å². The molecule has 0 amide bonds. The van der Waals surface area contributed by atoms with E-state index in [2.05, 4.69) is 18.2 Å². The van der Waals surface area contributed by atoms with E-state index in [0.717, 1.165) is 18.8 Å². The molecule has 2 rings (SSSR count).